The third kappa shape index (κ3) is 4.46. The molecule has 0 fully saturated rings. The fourth-order valence-electron chi connectivity index (χ4n) is 1.76. The Labute approximate surface area is 117 Å². The third-order valence-electron chi connectivity index (χ3n) is 2.78. The molecule has 0 radical (unpaired) electrons. The van der Waals surface area contributed by atoms with Crippen molar-refractivity contribution in [3.63, 3.8) is 0 Å². The smallest absolute Gasteiger partial charge is 0.0417 e. The molecule has 1 nitrogen and oxygen atoms in total. The van der Waals surface area contributed by atoms with E-state index in [1.54, 1.807) is 0 Å². The topological polar surface area (TPSA) is 12.0 Å². The molecule has 3 heteroatoms. The summed E-state index contributed by atoms with van der Waals surface area (Å²) in [5.41, 5.74) is 2.50. The zero-order valence-electron chi connectivity index (χ0n) is 10.4. The van der Waals surface area contributed by atoms with Crippen molar-refractivity contribution < 1.29 is 0 Å². The minimum atomic E-state index is 0.305. The highest BCUT2D eigenvalue weighted by Gasteiger charge is 2.14. The van der Waals surface area contributed by atoms with Crippen molar-refractivity contribution in [3.8, 4) is 0 Å². The van der Waals surface area contributed by atoms with Gasteiger partial charge < -0.3 is 5.32 Å². The predicted molar refractivity (Wildman–Crippen MR) is 79.6 cm³/mol. The van der Waals surface area contributed by atoms with Crippen LogP contribution in [0.5, 0.6) is 0 Å². The monoisotopic (exact) mass is 315 g/mol. The SMILES string of the molecule is C=C(CC)CC(NCC)c1ccc(Cl)cc1Br. The Balaban J connectivity index is 2.92. The largest absolute Gasteiger partial charge is 0.310 e. The summed E-state index contributed by atoms with van der Waals surface area (Å²) in [7, 11) is 0. The Morgan fingerprint density at radius 2 is 2.18 bits per heavy atom. The molecular weight excluding hydrogens is 298 g/mol. The van der Waals surface area contributed by atoms with Gasteiger partial charge in [0.2, 0.25) is 0 Å². The van der Waals surface area contributed by atoms with Gasteiger partial charge in [0, 0.05) is 15.5 Å². The molecule has 1 N–H and O–H groups in total. The predicted octanol–water partition coefficient (Wildman–Crippen LogP) is 5.11. The van der Waals surface area contributed by atoms with Crippen LogP contribution in [0.1, 0.15) is 38.3 Å². The van der Waals surface area contributed by atoms with E-state index in [1.165, 1.54) is 11.1 Å². The highest BCUT2D eigenvalue weighted by Crippen LogP contribution is 2.30. The zero-order chi connectivity index (χ0) is 12.8. The molecule has 0 saturated heterocycles. The lowest BCUT2D eigenvalue weighted by atomic mass is 9.98. The molecule has 1 aromatic carbocycles. The van der Waals surface area contributed by atoms with Gasteiger partial charge in [-0.3, -0.25) is 0 Å². The number of benzene rings is 1. The van der Waals surface area contributed by atoms with Gasteiger partial charge >= 0.3 is 0 Å². The minimum Gasteiger partial charge on any atom is -0.310 e. The van der Waals surface area contributed by atoms with Crippen molar-refractivity contribution in [1.82, 2.24) is 5.32 Å². The average Bonchev–Trinajstić information content (AvgIpc) is 2.28. The minimum absolute atomic E-state index is 0.305. The van der Waals surface area contributed by atoms with E-state index in [2.05, 4.69) is 47.7 Å². The first-order chi connectivity index (χ1) is 8.08. The van der Waals surface area contributed by atoms with Gasteiger partial charge in [-0.25, -0.2) is 0 Å². The normalized spacial score (nSPS) is 12.5. The molecule has 0 aromatic heterocycles. The number of rotatable bonds is 6. The van der Waals surface area contributed by atoms with E-state index >= 15 is 0 Å². The first kappa shape index (κ1) is 14.7. The molecule has 94 valence electrons. The lowest BCUT2D eigenvalue weighted by Gasteiger charge is -2.20. The van der Waals surface area contributed by atoms with Crippen molar-refractivity contribution >= 4 is 27.5 Å². The van der Waals surface area contributed by atoms with Gasteiger partial charge in [-0.15, -0.1) is 0 Å². The molecule has 0 amide bonds. The Morgan fingerprint density at radius 3 is 2.71 bits per heavy atom. The second kappa shape index (κ2) is 7.20. The fraction of sp³-hybridized carbons (Fsp3) is 0.429. The Hall–Kier alpha value is -0.310. The first-order valence-corrected chi connectivity index (χ1v) is 7.10. The fourth-order valence-corrected chi connectivity index (χ4v) is 2.71. The molecule has 0 heterocycles. The van der Waals surface area contributed by atoms with Crippen molar-refractivity contribution in [1.29, 1.82) is 0 Å². The summed E-state index contributed by atoms with van der Waals surface area (Å²) in [6, 6.07) is 6.25. The molecule has 0 saturated carbocycles. The lowest BCUT2D eigenvalue weighted by Crippen LogP contribution is -2.21. The van der Waals surface area contributed by atoms with Crippen LogP contribution in [0.3, 0.4) is 0 Å². The molecule has 1 aromatic rings. The highest BCUT2D eigenvalue weighted by atomic mass is 79.9. The van der Waals surface area contributed by atoms with E-state index in [0.29, 0.717) is 6.04 Å². The lowest BCUT2D eigenvalue weighted by molar-refractivity contribution is 0.541. The van der Waals surface area contributed by atoms with Crippen molar-refractivity contribution in [3.05, 3.63) is 45.4 Å². The standard InChI is InChI=1S/C14H19BrClN/c1-4-10(3)8-14(17-5-2)12-7-6-11(16)9-13(12)15/h6-7,9,14,17H,3-5,8H2,1-2H3. The van der Waals surface area contributed by atoms with Crippen molar-refractivity contribution in [2.24, 2.45) is 0 Å². The summed E-state index contributed by atoms with van der Waals surface area (Å²) in [5, 5.41) is 4.25. The van der Waals surface area contributed by atoms with Gasteiger partial charge in [0.1, 0.15) is 0 Å². The van der Waals surface area contributed by atoms with Gasteiger partial charge in [-0.1, -0.05) is 59.6 Å². The molecule has 0 spiro atoms. The van der Waals surface area contributed by atoms with Crippen LogP contribution in [0.4, 0.5) is 0 Å². The number of hydrogen-bond donors (Lipinski definition) is 1. The summed E-state index contributed by atoms with van der Waals surface area (Å²) in [6.07, 6.45) is 1.98. The first-order valence-electron chi connectivity index (χ1n) is 5.93. The van der Waals surface area contributed by atoms with E-state index in [1.807, 2.05) is 12.1 Å². The quantitative estimate of drug-likeness (QED) is 0.719. The van der Waals surface area contributed by atoms with E-state index in [9.17, 15) is 0 Å². The highest BCUT2D eigenvalue weighted by molar-refractivity contribution is 9.10. The summed E-state index contributed by atoms with van der Waals surface area (Å²) in [5.74, 6) is 0. The second-order valence-corrected chi connectivity index (χ2v) is 5.37. The molecule has 0 bridgehead atoms. The maximum absolute atomic E-state index is 5.96. The van der Waals surface area contributed by atoms with E-state index in [-0.39, 0.29) is 0 Å². The van der Waals surface area contributed by atoms with Gasteiger partial charge in [0.25, 0.3) is 0 Å². The van der Waals surface area contributed by atoms with E-state index in [4.69, 9.17) is 11.6 Å². The maximum atomic E-state index is 5.96. The van der Waals surface area contributed by atoms with Crippen molar-refractivity contribution in [2.75, 3.05) is 6.54 Å². The number of nitrogens with one attached hydrogen (secondary N) is 1. The molecule has 0 aliphatic carbocycles. The van der Waals surface area contributed by atoms with Gasteiger partial charge in [0.15, 0.2) is 0 Å². The molecule has 1 unspecified atom stereocenters. The molecule has 1 rings (SSSR count). The molecule has 1 atom stereocenters. The summed E-state index contributed by atoms with van der Waals surface area (Å²) in [6.45, 7) is 9.29. The van der Waals surface area contributed by atoms with Crippen LogP contribution in [0.2, 0.25) is 5.02 Å². The van der Waals surface area contributed by atoms with Crippen molar-refractivity contribution in [2.45, 2.75) is 32.7 Å². The van der Waals surface area contributed by atoms with Gasteiger partial charge in [0.05, 0.1) is 0 Å². The number of hydrogen-bond acceptors (Lipinski definition) is 1. The van der Waals surface area contributed by atoms with Crippen LogP contribution in [-0.4, -0.2) is 6.54 Å². The van der Waals surface area contributed by atoms with Crippen LogP contribution in [0.15, 0.2) is 34.8 Å². The summed E-state index contributed by atoms with van der Waals surface area (Å²) >= 11 is 9.54. The molecular formula is C14H19BrClN. The summed E-state index contributed by atoms with van der Waals surface area (Å²) < 4.78 is 1.06. The van der Waals surface area contributed by atoms with Crippen LogP contribution in [-0.2, 0) is 0 Å². The zero-order valence-corrected chi connectivity index (χ0v) is 12.7. The third-order valence-corrected chi connectivity index (χ3v) is 3.70. The summed E-state index contributed by atoms with van der Waals surface area (Å²) in [4.78, 5) is 0. The molecule has 0 aliphatic rings. The maximum Gasteiger partial charge on any atom is 0.0417 e. The Morgan fingerprint density at radius 1 is 1.47 bits per heavy atom. The van der Waals surface area contributed by atoms with E-state index in [0.717, 1.165) is 28.9 Å². The Kier molecular flexibility index (Phi) is 6.24. The van der Waals surface area contributed by atoms with Gasteiger partial charge in [-0.05, 0) is 37.1 Å². The van der Waals surface area contributed by atoms with Gasteiger partial charge in [-0.2, -0.15) is 0 Å². The Bertz CT molecular complexity index is 390. The van der Waals surface area contributed by atoms with Crippen LogP contribution >= 0.6 is 27.5 Å². The molecule has 0 aliphatic heterocycles. The van der Waals surface area contributed by atoms with Crippen LogP contribution in [0.25, 0.3) is 0 Å². The second-order valence-electron chi connectivity index (χ2n) is 4.08. The number of halogens is 2. The molecule has 17 heavy (non-hydrogen) atoms. The average molecular weight is 317 g/mol. The van der Waals surface area contributed by atoms with Crippen LogP contribution < -0.4 is 5.32 Å². The van der Waals surface area contributed by atoms with E-state index < -0.39 is 0 Å². The van der Waals surface area contributed by atoms with Crippen LogP contribution in [0, 0.1) is 0 Å².